The minimum Gasteiger partial charge on any atom is -0.296 e. The molecule has 0 saturated heterocycles. The highest BCUT2D eigenvalue weighted by Crippen LogP contribution is 2.23. The maximum atomic E-state index is 12.0. The molecule has 106 valence electrons. The standard InChI is InChI=1S/C12H10Cl3N3OS/c13-5-1-2-10-17-18-12(20-10)16-11(19)7-3-4-8(14)9(15)6-7/h3-4,6H,1-2,5H2,(H,16,18,19). The van der Waals surface area contributed by atoms with Crippen LogP contribution in [-0.4, -0.2) is 22.0 Å². The van der Waals surface area contributed by atoms with Crippen LogP contribution in [0.2, 0.25) is 10.0 Å². The zero-order chi connectivity index (χ0) is 14.5. The molecule has 0 unspecified atom stereocenters. The van der Waals surface area contributed by atoms with Crippen molar-refractivity contribution >= 4 is 57.2 Å². The number of halogens is 3. The van der Waals surface area contributed by atoms with Gasteiger partial charge in [-0.2, -0.15) is 0 Å². The van der Waals surface area contributed by atoms with Crippen LogP contribution in [0.3, 0.4) is 0 Å². The molecule has 0 aliphatic rings. The fraction of sp³-hybridized carbons (Fsp3) is 0.250. The van der Waals surface area contributed by atoms with Crippen LogP contribution in [0.5, 0.6) is 0 Å². The molecular formula is C12H10Cl3N3OS. The molecule has 0 radical (unpaired) electrons. The lowest BCUT2D eigenvalue weighted by Gasteiger charge is -2.02. The van der Waals surface area contributed by atoms with E-state index in [0.717, 1.165) is 17.8 Å². The van der Waals surface area contributed by atoms with Crippen LogP contribution in [0.1, 0.15) is 21.8 Å². The van der Waals surface area contributed by atoms with E-state index in [1.165, 1.54) is 17.4 Å². The van der Waals surface area contributed by atoms with Gasteiger partial charge in [-0.25, -0.2) is 0 Å². The first-order valence-corrected chi connectivity index (χ1v) is 7.85. The van der Waals surface area contributed by atoms with Crippen LogP contribution in [-0.2, 0) is 6.42 Å². The number of hydrogen-bond donors (Lipinski definition) is 1. The third-order valence-corrected chi connectivity index (χ3v) is 4.30. The predicted octanol–water partition coefficient (Wildman–Crippen LogP) is 4.27. The fourth-order valence-electron chi connectivity index (χ4n) is 1.43. The molecule has 1 aromatic heterocycles. The van der Waals surface area contributed by atoms with Gasteiger partial charge in [0.05, 0.1) is 10.0 Å². The molecule has 1 heterocycles. The summed E-state index contributed by atoms with van der Waals surface area (Å²) in [5.74, 6) is 0.272. The number of hydrogen-bond acceptors (Lipinski definition) is 4. The Morgan fingerprint density at radius 3 is 2.75 bits per heavy atom. The number of rotatable bonds is 5. The van der Waals surface area contributed by atoms with Gasteiger partial charge in [-0.1, -0.05) is 34.5 Å². The normalized spacial score (nSPS) is 10.6. The van der Waals surface area contributed by atoms with Crippen molar-refractivity contribution < 1.29 is 4.79 Å². The molecule has 0 aliphatic heterocycles. The maximum Gasteiger partial charge on any atom is 0.257 e. The van der Waals surface area contributed by atoms with E-state index in [9.17, 15) is 4.79 Å². The van der Waals surface area contributed by atoms with Crippen molar-refractivity contribution in [1.29, 1.82) is 0 Å². The number of nitrogens with one attached hydrogen (secondary N) is 1. The molecule has 1 amide bonds. The van der Waals surface area contributed by atoms with E-state index in [4.69, 9.17) is 34.8 Å². The summed E-state index contributed by atoms with van der Waals surface area (Å²) in [7, 11) is 0. The molecule has 0 saturated carbocycles. The predicted molar refractivity (Wildman–Crippen MR) is 83.4 cm³/mol. The molecule has 4 nitrogen and oxygen atoms in total. The summed E-state index contributed by atoms with van der Waals surface area (Å²) in [6, 6.07) is 4.68. The van der Waals surface area contributed by atoms with Crippen molar-refractivity contribution in [2.24, 2.45) is 0 Å². The van der Waals surface area contributed by atoms with Crippen LogP contribution < -0.4 is 5.32 Å². The van der Waals surface area contributed by atoms with E-state index < -0.39 is 0 Å². The van der Waals surface area contributed by atoms with Gasteiger partial charge in [0, 0.05) is 17.9 Å². The first-order valence-electron chi connectivity index (χ1n) is 5.75. The Bertz CT molecular complexity index is 618. The lowest BCUT2D eigenvalue weighted by atomic mass is 10.2. The number of benzene rings is 1. The van der Waals surface area contributed by atoms with Crippen LogP contribution in [0.25, 0.3) is 0 Å². The molecule has 0 bridgehead atoms. The molecule has 0 fully saturated rings. The summed E-state index contributed by atoms with van der Waals surface area (Å²) in [6.07, 6.45) is 1.58. The average molecular weight is 351 g/mol. The van der Waals surface area contributed by atoms with Gasteiger partial charge < -0.3 is 0 Å². The van der Waals surface area contributed by atoms with Crippen LogP contribution in [0.4, 0.5) is 5.13 Å². The molecule has 0 spiro atoms. The topological polar surface area (TPSA) is 54.9 Å². The second-order valence-electron chi connectivity index (χ2n) is 3.88. The molecule has 0 atom stereocenters. The zero-order valence-corrected chi connectivity index (χ0v) is 13.3. The number of carbonyl (C=O) groups is 1. The monoisotopic (exact) mass is 349 g/mol. The first kappa shape index (κ1) is 15.5. The van der Waals surface area contributed by atoms with E-state index in [1.807, 2.05) is 0 Å². The second-order valence-corrected chi connectivity index (χ2v) is 6.13. The number of aromatic nitrogens is 2. The molecule has 1 N–H and O–H groups in total. The van der Waals surface area contributed by atoms with E-state index in [-0.39, 0.29) is 5.91 Å². The third kappa shape index (κ3) is 4.06. The summed E-state index contributed by atoms with van der Waals surface area (Å²) in [6.45, 7) is 0. The number of amides is 1. The third-order valence-electron chi connectivity index (χ3n) is 2.39. The van der Waals surface area contributed by atoms with E-state index in [0.29, 0.717) is 26.6 Å². The highest BCUT2D eigenvalue weighted by Gasteiger charge is 2.11. The number of alkyl halides is 1. The molecule has 1 aromatic carbocycles. The summed E-state index contributed by atoms with van der Waals surface area (Å²) in [5, 5.41) is 12.6. The van der Waals surface area contributed by atoms with Crippen molar-refractivity contribution in [2.45, 2.75) is 12.8 Å². The van der Waals surface area contributed by atoms with E-state index in [1.54, 1.807) is 12.1 Å². The SMILES string of the molecule is O=C(Nc1nnc(CCCCl)s1)c1ccc(Cl)c(Cl)c1. The Morgan fingerprint density at radius 2 is 2.05 bits per heavy atom. The van der Waals surface area contributed by atoms with Gasteiger partial charge in [-0.15, -0.1) is 21.8 Å². The number of aryl methyl sites for hydroxylation is 1. The fourth-order valence-corrected chi connectivity index (χ4v) is 2.64. The van der Waals surface area contributed by atoms with Crippen molar-refractivity contribution in [3.8, 4) is 0 Å². The highest BCUT2D eigenvalue weighted by atomic mass is 35.5. The molecule has 8 heteroatoms. The van der Waals surface area contributed by atoms with Gasteiger partial charge in [-0.05, 0) is 24.6 Å². The van der Waals surface area contributed by atoms with Gasteiger partial charge >= 0.3 is 0 Å². The number of carbonyl (C=O) groups excluding carboxylic acids is 1. The van der Waals surface area contributed by atoms with Crippen molar-refractivity contribution in [3.63, 3.8) is 0 Å². The van der Waals surface area contributed by atoms with Crippen molar-refractivity contribution in [3.05, 3.63) is 38.8 Å². The number of anilines is 1. The lowest BCUT2D eigenvalue weighted by molar-refractivity contribution is 0.102. The van der Waals surface area contributed by atoms with Crippen molar-refractivity contribution in [2.75, 3.05) is 11.2 Å². The highest BCUT2D eigenvalue weighted by molar-refractivity contribution is 7.15. The Balaban J connectivity index is 2.03. The Hall–Kier alpha value is -0.880. The Kier molecular flexibility index (Phi) is 5.60. The number of nitrogens with zero attached hydrogens (tertiary/aromatic N) is 2. The molecular weight excluding hydrogens is 341 g/mol. The molecule has 2 rings (SSSR count). The van der Waals surface area contributed by atoms with Crippen LogP contribution in [0.15, 0.2) is 18.2 Å². The Labute approximate surface area is 135 Å². The largest absolute Gasteiger partial charge is 0.296 e. The van der Waals surface area contributed by atoms with Gasteiger partial charge in [-0.3, -0.25) is 10.1 Å². The minimum atomic E-state index is -0.302. The van der Waals surface area contributed by atoms with Crippen molar-refractivity contribution in [1.82, 2.24) is 10.2 Å². The van der Waals surface area contributed by atoms with Gasteiger partial charge in [0.1, 0.15) is 5.01 Å². The summed E-state index contributed by atoms with van der Waals surface area (Å²) in [5.41, 5.74) is 0.414. The first-order chi connectivity index (χ1) is 9.60. The quantitative estimate of drug-likeness (QED) is 0.819. The second kappa shape index (κ2) is 7.22. The lowest BCUT2D eigenvalue weighted by Crippen LogP contribution is -2.11. The summed E-state index contributed by atoms with van der Waals surface area (Å²) in [4.78, 5) is 12.0. The molecule has 20 heavy (non-hydrogen) atoms. The molecule has 0 aliphatic carbocycles. The summed E-state index contributed by atoms with van der Waals surface area (Å²) >= 11 is 18.6. The van der Waals surface area contributed by atoms with E-state index >= 15 is 0 Å². The molecule has 2 aromatic rings. The maximum absolute atomic E-state index is 12.0. The minimum absolute atomic E-state index is 0.302. The van der Waals surface area contributed by atoms with Crippen LogP contribution in [0, 0.1) is 0 Å². The van der Waals surface area contributed by atoms with Gasteiger partial charge in [0.25, 0.3) is 5.91 Å². The average Bonchev–Trinajstić information content (AvgIpc) is 2.87. The van der Waals surface area contributed by atoms with Gasteiger partial charge in [0.15, 0.2) is 0 Å². The Morgan fingerprint density at radius 1 is 1.25 bits per heavy atom. The van der Waals surface area contributed by atoms with Crippen LogP contribution >= 0.6 is 46.1 Å². The van der Waals surface area contributed by atoms with Gasteiger partial charge in [0.2, 0.25) is 5.13 Å². The zero-order valence-electron chi connectivity index (χ0n) is 10.2. The van der Waals surface area contributed by atoms with E-state index in [2.05, 4.69) is 15.5 Å². The summed E-state index contributed by atoms with van der Waals surface area (Å²) < 4.78 is 0. The smallest absolute Gasteiger partial charge is 0.257 e.